The maximum atomic E-state index is 6.15. The summed E-state index contributed by atoms with van der Waals surface area (Å²) in [5.74, 6) is 0.913. The Labute approximate surface area is 129 Å². The highest BCUT2D eigenvalue weighted by molar-refractivity contribution is 9.10. The number of hydrogen-bond acceptors (Lipinski definition) is 4. The second-order valence-electron chi connectivity index (χ2n) is 3.64. The van der Waals surface area contributed by atoms with E-state index >= 15 is 0 Å². The molecule has 2 aromatic rings. The lowest BCUT2D eigenvalue weighted by Crippen LogP contribution is -2.01. The molecule has 1 heterocycles. The van der Waals surface area contributed by atoms with E-state index in [-0.39, 0.29) is 0 Å². The van der Waals surface area contributed by atoms with Crippen LogP contribution in [0.3, 0.4) is 0 Å². The summed E-state index contributed by atoms with van der Waals surface area (Å²) in [5.41, 5.74) is 6.94. The zero-order valence-electron chi connectivity index (χ0n) is 9.88. The van der Waals surface area contributed by atoms with Gasteiger partial charge in [-0.3, -0.25) is 0 Å². The van der Waals surface area contributed by atoms with Crippen molar-refractivity contribution in [2.24, 2.45) is 0 Å². The van der Waals surface area contributed by atoms with Crippen LogP contribution in [-0.4, -0.2) is 12.1 Å². The molecule has 1 aromatic heterocycles. The Balaban J connectivity index is 2.39. The van der Waals surface area contributed by atoms with Crippen LogP contribution in [0.15, 0.2) is 28.7 Å². The van der Waals surface area contributed by atoms with Gasteiger partial charge in [0.15, 0.2) is 5.82 Å². The first-order valence-electron chi connectivity index (χ1n) is 5.24. The third-order valence-corrected chi connectivity index (χ3v) is 4.17. The van der Waals surface area contributed by atoms with Crippen molar-refractivity contribution in [3.8, 4) is 5.88 Å². The first kappa shape index (κ1) is 14.2. The SMILES string of the molecule is COc1ccc(N)c(Nc2ccc(Br)c(Cl)c2Cl)n1. The third kappa shape index (κ3) is 3.05. The van der Waals surface area contributed by atoms with Gasteiger partial charge in [0.2, 0.25) is 5.88 Å². The van der Waals surface area contributed by atoms with Crippen LogP contribution >= 0.6 is 39.1 Å². The fourth-order valence-electron chi connectivity index (χ4n) is 1.42. The van der Waals surface area contributed by atoms with Gasteiger partial charge >= 0.3 is 0 Å². The van der Waals surface area contributed by atoms with Gasteiger partial charge in [0.05, 0.1) is 28.5 Å². The molecule has 0 atom stereocenters. The predicted molar refractivity (Wildman–Crippen MR) is 82.6 cm³/mol. The fraction of sp³-hybridized carbons (Fsp3) is 0.0833. The van der Waals surface area contributed by atoms with Gasteiger partial charge in [0, 0.05) is 10.5 Å². The van der Waals surface area contributed by atoms with Crippen molar-refractivity contribution in [2.45, 2.75) is 0 Å². The highest BCUT2D eigenvalue weighted by atomic mass is 79.9. The number of anilines is 3. The molecule has 0 saturated heterocycles. The Morgan fingerprint density at radius 1 is 1.21 bits per heavy atom. The van der Waals surface area contributed by atoms with Gasteiger partial charge in [-0.2, -0.15) is 4.98 Å². The number of halogens is 3. The van der Waals surface area contributed by atoms with Crippen LogP contribution in [0.25, 0.3) is 0 Å². The number of pyridine rings is 1. The summed E-state index contributed by atoms with van der Waals surface area (Å²) in [6.45, 7) is 0. The average Bonchev–Trinajstić information content (AvgIpc) is 2.41. The molecule has 0 radical (unpaired) electrons. The molecular weight excluding hydrogens is 353 g/mol. The zero-order chi connectivity index (χ0) is 14.0. The largest absolute Gasteiger partial charge is 0.481 e. The number of ether oxygens (including phenoxy) is 1. The molecule has 19 heavy (non-hydrogen) atoms. The van der Waals surface area contributed by atoms with Crippen LogP contribution in [-0.2, 0) is 0 Å². The van der Waals surface area contributed by atoms with Crippen LogP contribution in [0.1, 0.15) is 0 Å². The van der Waals surface area contributed by atoms with Crippen LogP contribution in [0.5, 0.6) is 5.88 Å². The monoisotopic (exact) mass is 361 g/mol. The molecule has 100 valence electrons. The van der Waals surface area contributed by atoms with Crippen LogP contribution in [0.4, 0.5) is 17.2 Å². The van der Waals surface area contributed by atoms with Gasteiger partial charge in [-0.15, -0.1) is 0 Å². The minimum atomic E-state index is 0.389. The fourth-order valence-corrected chi connectivity index (χ4v) is 2.24. The summed E-state index contributed by atoms with van der Waals surface area (Å²) in [6.07, 6.45) is 0. The van der Waals surface area contributed by atoms with E-state index in [1.54, 1.807) is 24.3 Å². The van der Waals surface area contributed by atoms with Gasteiger partial charge in [0.1, 0.15) is 0 Å². The number of hydrogen-bond donors (Lipinski definition) is 2. The molecule has 0 saturated carbocycles. The lowest BCUT2D eigenvalue weighted by molar-refractivity contribution is 0.398. The predicted octanol–water partition coefficient (Wildman–Crippen LogP) is 4.49. The van der Waals surface area contributed by atoms with Gasteiger partial charge in [-0.05, 0) is 34.1 Å². The molecule has 2 rings (SSSR count). The highest BCUT2D eigenvalue weighted by Gasteiger charge is 2.11. The van der Waals surface area contributed by atoms with E-state index in [1.165, 1.54) is 7.11 Å². The third-order valence-electron chi connectivity index (χ3n) is 2.40. The lowest BCUT2D eigenvalue weighted by atomic mass is 10.3. The number of aromatic nitrogens is 1. The molecule has 7 heteroatoms. The molecular formula is C12H10BrCl2N3O. The summed E-state index contributed by atoms with van der Waals surface area (Å²) < 4.78 is 5.77. The van der Waals surface area contributed by atoms with E-state index in [2.05, 4.69) is 26.2 Å². The van der Waals surface area contributed by atoms with Crippen LogP contribution in [0.2, 0.25) is 10.0 Å². The van der Waals surface area contributed by atoms with Crippen LogP contribution in [0, 0.1) is 0 Å². The standard InChI is InChI=1S/C12H10BrCl2N3O/c1-19-9-5-3-7(16)12(18-9)17-8-4-2-6(13)10(14)11(8)15/h2-5H,16H2,1H3,(H,17,18). The average molecular weight is 363 g/mol. The first-order chi connectivity index (χ1) is 9.02. The van der Waals surface area contributed by atoms with Crippen molar-refractivity contribution in [3.05, 3.63) is 38.8 Å². The quantitative estimate of drug-likeness (QED) is 0.790. The summed E-state index contributed by atoms with van der Waals surface area (Å²) in [7, 11) is 1.53. The number of nitrogens with one attached hydrogen (secondary N) is 1. The van der Waals surface area contributed by atoms with E-state index in [0.29, 0.717) is 33.1 Å². The second kappa shape index (κ2) is 5.86. The molecule has 0 spiro atoms. The number of nitrogens with zero attached hydrogens (tertiary/aromatic N) is 1. The number of methoxy groups -OCH3 is 1. The molecule has 0 aliphatic carbocycles. The Bertz CT molecular complexity index is 622. The molecule has 0 amide bonds. The number of nitrogen functional groups attached to an aromatic ring is 1. The summed E-state index contributed by atoms with van der Waals surface area (Å²) in [5, 5.41) is 3.84. The topological polar surface area (TPSA) is 60.2 Å². The van der Waals surface area contributed by atoms with E-state index in [9.17, 15) is 0 Å². The van der Waals surface area contributed by atoms with Gasteiger partial charge in [0.25, 0.3) is 0 Å². The van der Waals surface area contributed by atoms with E-state index in [0.717, 1.165) is 4.47 Å². The molecule has 3 N–H and O–H groups in total. The number of rotatable bonds is 3. The molecule has 0 unspecified atom stereocenters. The molecule has 1 aromatic carbocycles. The minimum absolute atomic E-state index is 0.389. The molecule has 0 fully saturated rings. The van der Waals surface area contributed by atoms with Gasteiger partial charge < -0.3 is 15.8 Å². The summed E-state index contributed by atoms with van der Waals surface area (Å²) in [4.78, 5) is 4.21. The van der Waals surface area contributed by atoms with Crippen molar-refractivity contribution in [2.75, 3.05) is 18.2 Å². The van der Waals surface area contributed by atoms with Gasteiger partial charge in [-0.25, -0.2) is 0 Å². The highest BCUT2D eigenvalue weighted by Crippen LogP contribution is 2.37. The maximum Gasteiger partial charge on any atom is 0.215 e. The Kier molecular flexibility index (Phi) is 4.39. The summed E-state index contributed by atoms with van der Waals surface area (Å²) in [6, 6.07) is 6.94. The van der Waals surface area contributed by atoms with E-state index < -0.39 is 0 Å². The first-order valence-corrected chi connectivity index (χ1v) is 6.79. The minimum Gasteiger partial charge on any atom is -0.481 e. The summed E-state index contributed by atoms with van der Waals surface area (Å²) >= 11 is 15.5. The molecule has 0 aliphatic rings. The molecule has 0 bridgehead atoms. The Hall–Kier alpha value is -1.17. The van der Waals surface area contributed by atoms with Crippen molar-refractivity contribution in [3.63, 3.8) is 0 Å². The number of benzene rings is 1. The van der Waals surface area contributed by atoms with Crippen molar-refractivity contribution < 1.29 is 4.74 Å². The smallest absolute Gasteiger partial charge is 0.215 e. The van der Waals surface area contributed by atoms with E-state index in [1.807, 2.05) is 0 Å². The van der Waals surface area contributed by atoms with Gasteiger partial charge in [-0.1, -0.05) is 23.2 Å². The van der Waals surface area contributed by atoms with Crippen molar-refractivity contribution in [1.29, 1.82) is 0 Å². The van der Waals surface area contributed by atoms with E-state index in [4.69, 9.17) is 33.7 Å². The zero-order valence-corrected chi connectivity index (χ0v) is 13.0. The Morgan fingerprint density at radius 2 is 1.95 bits per heavy atom. The maximum absolute atomic E-state index is 6.15. The van der Waals surface area contributed by atoms with Crippen molar-refractivity contribution >= 4 is 56.3 Å². The normalized spacial score (nSPS) is 10.3. The number of nitrogens with two attached hydrogens (primary N) is 1. The molecule has 4 nitrogen and oxygen atoms in total. The van der Waals surface area contributed by atoms with Crippen LogP contribution < -0.4 is 15.8 Å². The second-order valence-corrected chi connectivity index (χ2v) is 5.25. The molecule has 0 aliphatic heterocycles. The van der Waals surface area contributed by atoms with Crippen molar-refractivity contribution in [1.82, 2.24) is 4.98 Å². The Morgan fingerprint density at radius 3 is 2.63 bits per heavy atom. The lowest BCUT2D eigenvalue weighted by Gasteiger charge is -2.12.